The molecule has 3 heterocycles. The second kappa shape index (κ2) is 8.08. The molecule has 9 heteroatoms. The molecular formula is C18H24N4O4S. The van der Waals surface area contributed by atoms with Gasteiger partial charge in [0.05, 0.1) is 18.3 Å². The number of thiophene rings is 1. The maximum atomic E-state index is 12.7. The topological polar surface area (TPSA) is 84.7 Å². The van der Waals surface area contributed by atoms with Crippen molar-refractivity contribution in [1.82, 2.24) is 19.4 Å². The molecule has 1 saturated heterocycles. The van der Waals surface area contributed by atoms with Crippen LogP contribution in [0.1, 0.15) is 23.8 Å². The summed E-state index contributed by atoms with van der Waals surface area (Å²) < 4.78 is 6.49. The maximum Gasteiger partial charge on any atom is 0.409 e. The van der Waals surface area contributed by atoms with Gasteiger partial charge in [0.15, 0.2) is 0 Å². The minimum Gasteiger partial charge on any atom is -0.450 e. The number of aryl methyl sites for hydroxylation is 3. The smallest absolute Gasteiger partial charge is 0.409 e. The molecule has 0 unspecified atom stereocenters. The Kier molecular flexibility index (Phi) is 5.79. The van der Waals surface area contributed by atoms with Crippen LogP contribution in [0.25, 0.3) is 10.2 Å². The Hall–Kier alpha value is -2.42. The average Bonchev–Trinajstić information content (AvgIpc) is 2.96. The highest BCUT2D eigenvalue weighted by molar-refractivity contribution is 7.18. The van der Waals surface area contributed by atoms with Crippen LogP contribution < -0.4 is 5.56 Å². The molecule has 146 valence electrons. The Morgan fingerprint density at radius 2 is 1.85 bits per heavy atom. The van der Waals surface area contributed by atoms with Crippen LogP contribution in [0.15, 0.2) is 11.1 Å². The van der Waals surface area contributed by atoms with E-state index in [0.29, 0.717) is 44.7 Å². The first-order chi connectivity index (χ1) is 12.9. The number of hydrogen-bond acceptors (Lipinski definition) is 6. The molecule has 1 aliphatic heterocycles. The van der Waals surface area contributed by atoms with Crippen LogP contribution in [0.4, 0.5) is 4.79 Å². The molecule has 0 aliphatic carbocycles. The van der Waals surface area contributed by atoms with Gasteiger partial charge in [-0.15, -0.1) is 11.3 Å². The van der Waals surface area contributed by atoms with E-state index in [0.717, 1.165) is 15.3 Å². The van der Waals surface area contributed by atoms with Crippen LogP contribution in [-0.2, 0) is 16.1 Å². The Balaban J connectivity index is 1.59. The molecule has 0 radical (unpaired) electrons. The van der Waals surface area contributed by atoms with Gasteiger partial charge in [0.25, 0.3) is 5.56 Å². The van der Waals surface area contributed by atoms with Gasteiger partial charge in [-0.3, -0.25) is 14.2 Å². The zero-order valence-corrected chi connectivity index (χ0v) is 16.7. The fourth-order valence-electron chi connectivity index (χ4n) is 3.16. The summed E-state index contributed by atoms with van der Waals surface area (Å²) in [7, 11) is 0. The Labute approximate surface area is 161 Å². The zero-order valence-electron chi connectivity index (χ0n) is 15.9. The van der Waals surface area contributed by atoms with Crippen molar-refractivity contribution in [2.75, 3.05) is 32.8 Å². The lowest BCUT2D eigenvalue weighted by Crippen LogP contribution is -2.50. The van der Waals surface area contributed by atoms with Crippen molar-refractivity contribution in [3.8, 4) is 0 Å². The van der Waals surface area contributed by atoms with Crippen LogP contribution in [0.5, 0.6) is 0 Å². The first-order valence-corrected chi connectivity index (χ1v) is 9.88. The van der Waals surface area contributed by atoms with Crippen molar-refractivity contribution in [1.29, 1.82) is 0 Å². The predicted octanol–water partition coefficient (Wildman–Crippen LogP) is 1.77. The highest BCUT2D eigenvalue weighted by atomic mass is 32.1. The second-order valence-corrected chi connectivity index (χ2v) is 7.73. The summed E-state index contributed by atoms with van der Waals surface area (Å²) >= 11 is 1.51. The van der Waals surface area contributed by atoms with E-state index < -0.39 is 0 Å². The summed E-state index contributed by atoms with van der Waals surface area (Å²) in [5.41, 5.74) is 0.866. The third-order valence-corrected chi connectivity index (χ3v) is 6.00. The monoisotopic (exact) mass is 392 g/mol. The SMILES string of the molecule is CCOC(=O)N1CCN(C(=O)CCn2cnc3sc(C)c(C)c3c2=O)CC1. The van der Waals surface area contributed by atoms with Crippen LogP contribution >= 0.6 is 11.3 Å². The third-order valence-electron chi connectivity index (χ3n) is 4.88. The molecule has 8 nitrogen and oxygen atoms in total. The third kappa shape index (κ3) is 3.97. The minimum atomic E-state index is -0.336. The number of fused-ring (bicyclic) bond motifs is 1. The zero-order chi connectivity index (χ0) is 19.6. The van der Waals surface area contributed by atoms with Crippen molar-refractivity contribution >= 4 is 33.6 Å². The van der Waals surface area contributed by atoms with E-state index >= 15 is 0 Å². The normalized spacial score (nSPS) is 14.6. The van der Waals surface area contributed by atoms with Crippen LogP contribution in [0, 0.1) is 13.8 Å². The number of carbonyl (C=O) groups excluding carboxylic acids is 2. The van der Waals surface area contributed by atoms with Gasteiger partial charge in [0.2, 0.25) is 5.91 Å². The van der Waals surface area contributed by atoms with E-state index in [4.69, 9.17) is 4.74 Å². The molecule has 1 fully saturated rings. The quantitative estimate of drug-likeness (QED) is 0.792. The van der Waals surface area contributed by atoms with Gasteiger partial charge < -0.3 is 14.5 Å². The lowest BCUT2D eigenvalue weighted by molar-refractivity contribution is -0.133. The Morgan fingerprint density at radius 1 is 1.19 bits per heavy atom. The van der Waals surface area contributed by atoms with Gasteiger partial charge in [0, 0.05) is 44.0 Å². The first kappa shape index (κ1) is 19.3. The summed E-state index contributed by atoms with van der Waals surface area (Å²) in [5, 5.41) is 0.649. The van der Waals surface area contributed by atoms with Crippen LogP contribution in [0.2, 0.25) is 0 Å². The van der Waals surface area contributed by atoms with Gasteiger partial charge in [0.1, 0.15) is 4.83 Å². The lowest BCUT2D eigenvalue weighted by Gasteiger charge is -2.34. The maximum absolute atomic E-state index is 12.7. The van der Waals surface area contributed by atoms with Crippen molar-refractivity contribution in [2.45, 2.75) is 33.7 Å². The molecule has 0 bridgehead atoms. The number of rotatable bonds is 4. The molecule has 27 heavy (non-hydrogen) atoms. The summed E-state index contributed by atoms with van der Waals surface area (Å²) in [5.74, 6) is -0.0243. The van der Waals surface area contributed by atoms with Crippen LogP contribution in [0.3, 0.4) is 0 Å². The van der Waals surface area contributed by atoms with E-state index in [2.05, 4.69) is 4.98 Å². The number of ether oxygens (including phenoxy) is 1. The molecule has 0 atom stereocenters. The predicted molar refractivity (Wildman–Crippen MR) is 103 cm³/mol. The second-order valence-electron chi connectivity index (χ2n) is 6.52. The molecule has 2 aromatic rings. The molecule has 0 aromatic carbocycles. The van der Waals surface area contributed by atoms with Crippen molar-refractivity contribution in [3.05, 3.63) is 27.1 Å². The first-order valence-electron chi connectivity index (χ1n) is 9.07. The number of amides is 2. The van der Waals surface area contributed by atoms with E-state index in [9.17, 15) is 14.4 Å². The van der Waals surface area contributed by atoms with Crippen molar-refractivity contribution in [3.63, 3.8) is 0 Å². The van der Waals surface area contributed by atoms with E-state index in [1.165, 1.54) is 22.2 Å². The molecule has 0 N–H and O–H groups in total. The van der Waals surface area contributed by atoms with Crippen molar-refractivity contribution < 1.29 is 14.3 Å². The fraction of sp³-hybridized carbons (Fsp3) is 0.556. The van der Waals surface area contributed by atoms with Gasteiger partial charge in [-0.05, 0) is 26.3 Å². The molecule has 3 rings (SSSR count). The lowest BCUT2D eigenvalue weighted by atomic mass is 10.2. The number of hydrogen-bond donors (Lipinski definition) is 0. The van der Waals surface area contributed by atoms with Gasteiger partial charge in [-0.2, -0.15) is 0 Å². The summed E-state index contributed by atoms with van der Waals surface area (Å²) in [6.07, 6.45) is 1.41. The van der Waals surface area contributed by atoms with Gasteiger partial charge in [-0.25, -0.2) is 9.78 Å². The molecule has 0 saturated carbocycles. The number of nitrogens with zero attached hydrogens (tertiary/aromatic N) is 4. The fourth-order valence-corrected chi connectivity index (χ4v) is 4.14. The molecular weight excluding hydrogens is 368 g/mol. The molecule has 1 aliphatic rings. The highest BCUT2D eigenvalue weighted by Crippen LogP contribution is 2.25. The largest absolute Gasteiger partial charge is 0.450 e. The number of carbonyl (C=O) groups is 2. The van der Waals surface area contributed by atoms with Crippen LogP contribution in [-0.4, -0.2) is 64.1 Å². The summed E-state index contributed by atoms with van der Waals surface area (Å²) in [6.45, 7) is 8.20. The minimum absolute atomic E-state index is 0.0243. The highest BCUT2D eigenvalue weighted by Gasteiger charge is 2.24. The van der Waals surface area contributed by atoms with E-state index in [1.54, 1.807) is 16.7 Å². The summed E-state index contributed by atoms with van der Waals surface area (Å²) in [4.78, 5) is 46.4. The van der Waals surface area contributed by atoms with Gasteiger partial charge in [-0.1, -0.05) is 0 Å². The molecule has 0 spiro atoms. The summed E-state index contributed by atoms with van der Waals surface area (Å²) in [6, 6.07) is 0. The Bertz CT molecular complexity index is 912. The van der Waals surface area contributed by atoms with Gasteiger partial charge >= 0.3 is 6.09 Å². The standard InChI is InChI=1S/C18H24N4O4S/c1-4-26-18(25)21-9-7-20(8-10-21)14(23)5-6-22-11-19-16-15(17(22)24)12(2)13(3)27-16/h11H,4-10H2,1-3H3. The average molecular weight is 392 g/mol. The Morgan fingerprint density at radius 3 is 2.52 bits per heavy atom. The van der Waals surface area contributed by atoms with E-state index in [-0.39, 0.29) is 24.0 Å². The van der Waals surface area contributed by atoms with Crippen molar-refractivity contribution in [2.24, 2.45) is 0 Å². The molecule has 2 amide bonds. The molecule has 2 aromatic heterocycles. The number of aromatic nitrogens is 2. The number of piperazine rings is 1. The van der Waals surface area contributed by atoms with E-state index in [1.807, 2.05) is 13.8 Å².